The molecule has 6 nitrogen and oxygen atoms in total. The maximum atomic E-state index is 9.27. The molecular formula is C13H19N5O. The zero-order valence-electron chi connectivity index (χ0n) is 11.2. The van der Waals surface area contributed by atoms with Gasteiger partial charge in [0.25, 0.3) is 0 Å². The van der Waals surface area contributed by atoms with E-state index < -0.39 is 6.23 Å². The quantitative estimate of drug-likeness (QED) is 0.392. The Morgan fingerprint density at radius 3 is 3.00 bits per heavy atom. The summed E-state index contributed by atoms with van der Waals surface area (Å²) < 4.78 is 0. The van der Waals surface area contributed by atoms with E-state index in [2.05, 4.69) is 26.9 Å². The number of nitrogens with two attached hydrogens (primary N) is 1. The Morgan fingerprint density at radius 1 is 1.63 bits per heavy atom. The molecule has 1 heterocycles. The van der Waals surface area contributed by atoms with E-state index in [0.29, 0.717) is 12.4 Å². The molecule has 0 radical (unpaired) electrons. The average molecular weight is 261 g/mol. The van der Waals surface area contributed by atoms with Crippen LogP contribution < -0.4 is 11.1 Å². The van der Waals surface area contributed by atoms with Crippen molar-refractivity contribution in [3.05, 3.63) is 41.9 Å². The molecule has 0 aliphatic heterocycles. The van der Waals surface area contributed by atoms with Crippen molar-refractivity contribution in [2.45, 2.75) is 13.2 Å². The molecule has 0 bridgehead atoms. The minimum Gasteiger partial charge on any atom is -0.383 e. The van der Waals surface area contributed by atoms with Gasteiger partial charge in [-0.2, -0.15) is 0 Å². The first-order valence-corrected chi connectivity index (χ1v) is 5.82. The number of rotatable bonds is 6. The van der Waals surface area contributed by atoms with E-state index in [9.17, 15) is 5.11 Å². The van der Waals surface area contributed by atoms with Crippen LogP contribution in [0.15, 0.2) is 35.6 Å². The van der Waals surface area contributed by atoms with Crippen molar-refractivity contribution < 1.29 is 5.11 Å². The van der Waals surface area contributed by atoms with Gasteiger partial charge in [0.05, 0.1) is 17.8 Å². The van der Waals surface area contributed by atoms with Crippen molar-refractivity contribution in [3.8, 4) is 0 Å². The van der Waals surface area contributed by atoms with E-state index in [0.717, 1.165) is 16.8 Å². The van der Waals surface area contributed by atoms with Gasteiger partial charge in [-0.3, -0.25) is 10.3 Å². The summed E-state index contributed by atoms with van der Waals surface area (Å²) in [7, 11) is 1.66. The SMILES string of the molecule is C=C(/C=C\C(O)NC)CN=Cc1c(C)ncnc1N. The van der Waals surface area contributed by atoms with Crippen molar-refractivity contribution in [1.82, 2.24) is 15.3 Å². The van der Waals surface area contributed by atoms with Crippen LogP contribution in [0.1, 0.15) is 11.3 Å². The average Bonchev–Trinajstić information content (AvgIpc) is 2.39. The van der Waals surface area contributed by atoms with Crippen LogP contribution in [0.5, 0.6) is 0 Å². The van der Waals surface area contributed by atoms with E-state index >= 15 is 0 Å². The molecule has 0 fully saturated rings. The lowest BCUT2D eigenvalue weighted by atomic mass is 10.2. The predicted octanol–water partition coefficient (Wildman–Crippen LogP) is 0.436. The van der Waals surface area contributed by atoms with Gasteiger partial charge < -0.3 is 10.8 Å². The van der Waals surface area contributed by atoms with Crippen LogP contribution in [0.25, 0.3) is 0 Å². The fourth-order valence-corrected chi connectivity index (χ4v) is 1.29. The number of aliphatic imine (C=N–C) groups is 1. The van der Waals surface area contributed by atoms with Gasteiger partial charge in [0.15, 0.2) is 0 Å². The van der Waals surface area contributed by atoms with Crippen LogP contribution in [0.3, 0.4) is 0 Å². The summed E-state index contributed by atoms with van der Waals surface area (Å²) in [5.74, 6) is 0.406. The summed E-state index contributed by atoms with van der Waals surface area (Å²) in [5, 5.41) is 11.9. The van der Waals surface area contributed by atoms with Gasteiger partial charge in [-0.15, -0.1) is 0 Å². The van der Waals surface area contributed by atoms with E-state index in [1.165, 1.54) is 6.33 Å². The molecule has 19 heavy (non-hydrogen) atoms. The molecule has 102 valence electrons. The Kier molecular flexibility index (Phi) is 5.84. The number of aliphatic hydroxyl groups is 1. The second kappa shape index (κ2) is 7.40. The minimum absolute atomic E-state index is 0.406. The third kappa shape index (κ3) is 4.99. The van der Waals surface area contributed by atoms with Gasteiger partial charge in [0.2, 0.25) is 0 Å². The monoisotopic (exact) mass is 261 g/mol. The largest absolute Gasteiger partial charge is 0.383 e. The van der Waals surface area contributed by atoms with Gasteiger partial charge in [-0.05, 0) is 25.6 Å². The van der Waals surface area contributed by atoms with E-state index in [1.807, 2.05) is 6.92 Å². The molecule has 1 aromatic rings. The standard InChI is InChI=1S/C13H19N5O/c1-9(4-5-12(19)15-3)6-16-7-11-10(2)17-8-18-13(11)14/h4-5,7-8,12,15,19H,1,6H2,2-3H3,(H2,14,17,18)/b5-4-,16-7?. The molecule has 0 saturated carbocycles. The fourth-order valence-electron chi connectivity index (χ4n) is 1.29. The summed E-state index contributed by atoms with van der Waals surface area (Å²) in [4.78, 5) is 12.2. The molecule has 0 aromatic carbocycles. The number of aliphatic hydroxyl groups excluding tert-OH is 1. The highest BCUT2D eigenvalue weighted by Gasteiger charge is 2.01. The van der Waals surface area contributed by atoms with Crippen molar-refractivity contribution >= 4 is 12.0 Å². The highest BCUT2D eigenvalue weighted by Crippen LogP contribution is 2.07. The third-order valence-electron chi connectivity index (χ3n) is 2.44. The number of aromatic nitrogens is 2. The zero-order valence-corrected chi connectivity index (χ0v) is 11.2. The molecule has 1 aromatic heterocycles. The molecule has 6 heteroatoms. The Morgan fingerprint density at radius 2 is 2.37 bits per heavy atom. The van der Waals surface area contributed by atoms with E-state index in [4.69, 9.17) is 5.73 Å². The van der Waals surface area contributed by atoms with Gasteiger partial charge in [-0.1, -0.05) is 12.7 Å². The van der Waals surface area contributed by atoms with Gasteiger partial charge in [-0.25, -0.2) is 9.97 Å². The first kappa shape index (κ1) is 15.0. The second-order valence-electron chi connectivity index (χ2n) is 3.98. The summed E-state index contributed by atoms with van der Waals surface area (Å²) >= 11 is 0. The van der Waals surface area contributed by atoms with E-state index in [-0.39, 0.29) is 0 Å². The number of aryl methyl sites for hydroxylation is 1. The van der Waals surface area contributed by atoms with Crippen LogP contribution in [0.4, 0.5) is 5.82 Å². The van der Waals surface area contributed by atoms with Crippen LogP contribution in [-0.2, 0) is 0 Å². The molecule has 0 spiro atoms. The number of nitrogens with one attached hydrogen (secondary N) is 1. The smallest absolute Gasteiger partial charge is 0.135 e. The highest BCUT2D eigenvalue weighted by molar-refractivity contribution is 5.86. The Bertz CT molecular complexity index is 476. The molecule has 1 unspecified atom stereocenters. The lowest BCUT2D eigenvalue weighted by Gasteiger charge is -2.03. The highest BCUT2D eigenvalue weighted by atomic mass is 16.3. The van der Waals surface area contributed by atoms with Crippen LogP contribution in [0.2, 0.25) is 0 Å². The summed E-state index contributed by atoms with van der Waals surface area (Å²) in [6.07, 6.45) is 5.70. The molecule has 0 saturated heterocycles. The molecule has 0 amide bonds. The second-order valence-corrected chi connectivity index (χ2v) is 3.98. The van der Waals surface area contributed by atoms with Crippen LogP contribution >= 0.6 is 0 Å². The van der Waals surface area contributed by atoms with Crippen molar-refractivity contribution in [1.29, 1.82) is 0 Å². The molecule has 0 aliphatic rings. The predicted molar refractivity (Wildman–Crippen MR) is 77.0 cm³/mol. The Balaban J connectivity index is 2.59. The summed E-state index contributed by atoms with van der Waals surface area (Å²) in [6.45, 7) is 6.10. The van der Waals surface area contributed by atoms with Crippen LogP contribution in [-0.4, -0.2) is 41.1 Å². The molecule has 0 aliphatic carbocycles. The third-order valence-corrected chi connectivity index (χ3v) is 2.44. The number of nitrogen functional groups attached to an aromatic ring is 1. The van der Waals surface area contributed by atoms with Crippen molar-refractivity contribution in [3.63, 3.8) is 0 Å². The molecule has 1 rings (SSSR count). The van der Waals surface area contributed by atoms with Gasteiger partial charge in [0.1, 0.15) is 18.4 Å². The maximum absolute atomic E-state index is 9.27. The number of nitrogens with zero attached hydrogens (tertiary/aromatic N) is 3. The Hall–Kier alpha value is -2.05. The summed E-state index contributed by atoms with van der Waals surface area (Å²) in [6, 6.07) is 0. The Labute approximate surface area is 112 Å². The first-order chi connectivity index (χ1) is 9.04. The first-order valence-electron chi connectivity index (χ1n) is 5.82. The fraction of sp³-hybridized carbons (Fsp3) is 0.308. The minimum atomic E-state index is -0.679. The number of anilines is 1. The van der Waals surface area contributed by atoms with Gasteiger partial charge >= 0.3 is 0 Å². The number of likely N-dealkylation sites (N-methyl/N-ethyl adjacent to an activating group) is 1. The lowest BCUT2D eigenvalue weighted by molar-refractivity contribution is 0.195. The maximum Gasteiger partial charge on any atom is 0.135 e. The molecule has 4 N–H and O–H groups in total. The van der Waals surface area contributed by atoms with Crippen molar-refractivity contribution in [2.75, 3.05) is 19.3 Å². The number of hydrogen-bond donors (Lipinski definition) is 3. The number of hydrogen-bond acceptors (Lipinski definition) is 6. The molecule has 1 atom stereocenters. The topological polar surface area (TPSA) is 96.4 Å². The normalized spacial score (nSPS) is 13.2. The van der Waals surface area contributed by atoms with Crippen LogP contribution in [0, 0.1) is 6.92 Å². The lowest BCUT2D eigenvalue weighted by Crippen LogP contribution is -2.21. The molecular weight excluding hydrogens is 242 g/mol. The van der Waals surface area contributed by atoms with Gasteiger partial charge in [0, 0.05) is 6.21 Å². The van der Waals surface area contributed by atoms with E-state index in [1.54, 1.807) is 25.4 Å². The zero-order chi connectivity index (χ0) is 14.3. The summed E-state index contributed by atoms with van der Waals surface area (Å²) in [5.41, 5.74) is 8.01. The van der Waals surface area contributed by atoms with Crippen molar-refractivity contribution in [2.24, 2.45) is 4.99 Å².